The standard InChI is InChI=1S/C17H14FN5/c1-11-6-8-12(9-7-11)15-10-16(13-4-2-3-5-14(13)18)23-17(19-15)20-21-22-23/h2-10,16H,1H3,(H,19,20,22)/t16-/m0/s1. The Balaban J connectivity index is 1.83. The maximum atomic E-state index is 14.2. The maximum Gasteiger partial charge on any atom is 0.248 e. The SMILES string of the molecule is Cc1ccc(C2=C[C@@H](c3ccccc3F)n3nnnc3N2)cc1. The van der Waals surface area contributed by atoms with Gasteiger partial charge >= 0.3 is 0 Å². The molecule has 0 spiro atoms. The van der Waals surface area contributed by atoms with Crippen molar-refractivity contribution in [1.82, 2.24) is 20.2 Å². The van der Waals surface area contributed by atoms with E-state index in [2.05, 4.69) is 20.8 Å². The molecule has 1 N–H and O–H groups in total. The summed E-state index contributed by atoms with van der Waals surface area (Å²) >= 11 is 0. The molecule has 1 aliphatic heterocycles. The molecule has 1 atom stereocenters. The van der Waals surface area contributed by atoms with Crippen LogP contribution < -0.4 is 5.32 Å². The van der Waals surface area contributed by atoms with Crippen molar-refractivity contribution in [1.29, 1.82) is 0 Å². The quantitative estimate of drug-likeness (QED) is 0.790. The van der Waals surface area contributed by atoms with E-state index in [0.29, 0.717) is 11.5 Å². The second-order valence-corrected chi connectivity index (χ2v) is 5.48. The van der Waals surface area contributed by atoms with Crippen molar-refractivity contribution in [3.63, 3.8) is 0 Å². The summed E-state index contributed by atoms with van der Waals surface area (Å²) in [5.41, 5.74) is 3.58. The highest BCUT2D eigenvalue weighted by molar-refractivity contribution is 5.77. The van der Waals surface area contributed by atoms with Gasteiger partial charge in [0.2, 0.25) is 5.95 Å². The van der Waals surface area contributed by atoms with E-state index >= 15 is 0 Å². The highest BCUT2D eigenvalue weighted by Crippen LogP contribution is 2.32. The first-order chi connectivity index (χ1) is 11.2. The average molecular weight is 307 g/mol. The van der Waals surface area contributed by atoms with Crippen LogP contribution in [0.4, 0.5) is 10.3 Å². The Morgan fingerprint density at radius 1 is 1.09 bits per heavy atom. The highest BCUT2D eigenvalue weighted by Gasteiger charge is 2.26. The number of anilines is 1. The lowest BCUT2D eigenvalue weighted by atomic mass is 10.0. The zero-order valence-electron chi connectivity index (χ0n) is 12.4. The number of benzene rings is 2. The molecule has 1 aliphatic rings. The van der Waals surface area contributed by atoms with Crippen LogP contribution in [0.1, 0.15) is 22.7 Å². The molecule has 0 bridgehead atoms. The predicted molar refractivity (Wildman–Crippen MR) is 85.1 cm³/mol. The van der Waals surface area contributed by atoms with Crippen LogP contribution in [-0.4, -0.2) is 20.2 Å². The normalized spacial score (nSPS) is 16.4. The Kier molecular flexibility index (Phi) is 3.15. The first-order valence-electron chi connectivity index (χ1n) is 7.30. The lowest BCUT2D eigenvalue weighted by Gasteiger charge is -2.23. The molecule has 0 saturated carbocycles. The van der Waals surface area contributed by atoms with Gasteiger partial charge in [0.15, 0.2) is 0 Å². The van der Waals surface area contributed by atoms with E-state index < -0.39 is 6.04 Å². The fraction of sp³-hybridized carbons (Fsp3) is 0.118. The number of tetrazole rings is 1. The van der Waals surface area contributed by atoms with Gasteiger partial charge in [-0.3, -0.25) is 0 Å². The Labute approximate surface area is 132 Å². The van der Waals surface area contributed by atoms with Crippen LogP contribution in [0.25, 0.3) is 5.70 Å². The summed E-state index contributed by atoms with van der Waals surface area (Å²) in [6.07, 6.45) is 1.94. The minimum absolute atomic E-state index is 0.277. The number of hydrogen-bond donors (Lipinski definition) is 1. The predicted octanol–water partition coefficient (Wildman–Crippen LogP) is 3.18. The van der Waals surface area contributed by atoms with Gasteiger partial charge in [0, 0.05) is 11.3 Å². The van der Waals surface area contributed by atoms with Crippen molar-refractivity contribution in [3.05, 3.63) is 77.1 Å². The monoisotopic (exact) mass is 307 g/mol. The number of allylic oxidation sites excluding steroid dienone is 1. The number of nitrogens with one attached hydrogen (secondary N) is 1. The Morgan fingerprint density at radius 2 is 1.87 bits per heavy atom. The molecule has 0 aliphatic carbocycles. The van der Waals surface area contributed by atoms with Crippen LogP contribution in [0.15, 0.2) is 54.6 Å². The second kappa shape index (κ2) is 5.31. The fourth-order valence-corrected chi connectivity index (χ4v) is 2.69. The van der Waals surface area contributed by atoms with Gasteiger partial charge in [-0.2, -0.15) is 4.68 Å². The van der Waals surface area contributed by atoms with Gasteiger partial charge in [-0.15, -0.1) is 0 Å². The highest BCUT2D eigenvalue weighted by atomic mass is 19.1. The molecule has 0 radical (unpaired) electrons. The molecule has 3 aromatic rings. The minimum Gasteiger partial charge on any atom is -0.323 e. The Morgan fingerprint density at radius 3 is 2.65 bits per heavy atom. The molecule has 2 aromatic carbocycles. The molecule has 23 heavy (non-hydrogen) atoms. The van der Waals surface area contributed by atoms with E-state index in [1.54, 1.807) is 16.8 Å². The molecule has 1 aromatic heterocycles. The van der Waals surface area contributed by atoms with Crippen molar-refractivity contribution < 1.29 is 4.39 Å². The molecular weight excluding hydrogens is 293 g/mol. The van der Waals surface area contributed by atoms with Crippen molar-refractivity contribution in [2.75, 3.05) is 5.32 Å². The largest absolute Gasteiger partial charge is 0.323 e. The third kappa shape index (κ3) is 2.38. The van der Waals surface area contributed by atoms with Crippen molar-refractivity contribution >= 4 is 11.6 Å². The van der Waals surface area contributed by atoms with Crippen LogP contribution in [0.5, 0.6) is 0 Å². The molecule has 114 valence electrons. The number of hydrogen-bond acceptors (Lipinski definition) is 4. The lowest BCUT2D eigenvalue weighted by Crippen LogP contribution is -2.21. The van der Waals surface area contributed by atoms with Crippen LogP contribution in [0.3, 0.4) is 0 Å². The average Bonchev–Trinajstić information content (AvgIpc) is 3.04. The van der Waals surface area contributed by atoms with E-state index in [1.807, 2.05) is 43.3 Å². The van der Waals surface area contributed by atoms with Crippen molar-refractivity contribution in [2.45, 2.75) is 13.0 Å². The van der Waals surface area contributed by atoms with E-state index in [4.69, 9.17) is 0 Å². The number of nitrogens with zero attached hydrogens (tertiary/aromatic N) is 4. The van der Waals surface area contributed by atoms with Crippen LogP contribution in [0, 0.1) is 12.7 Å². The maximum absolute atomic E-state index is 14.2. The Hall–Kier alpha value is -3.02. The molecule has 6 heteroatoms. The van der Waals surface area contributed by atoms with E-state index in [9.17, 15) is 4.39 Å². The minimum atomic E-state index is -0.390. The van der Waals surface area contributed by atoms with Gasteiger partial charge in [0.05, 0.1) is 0 Å². The zero-order chi connectivity index (χ0) is 15.8. The van der Waals surface area contributed by atoms with E-state index in [0.717, 1.165) is 11.3 Å². The molecule has 2 heterocycles. The fourth-order valence-electron chi connectivity index (χ4n) is 2.69. The number of fused-ring (bicyclic) bond motifs is 1. The molecule has 0 fully saturated rings. The van der Waals surface area contributed by atoms with Gasteiger partial charge < -0.3 is 5.32 Å². The third-order valence-electron chi connectivity index (χ3n) is 3.91. The van der Waals surface area contributed by atoms with Crippen molar-refractivity contribution in [2.24, 2.45) is 0 Å². The van der Waals surface area contributed by atoms with E-state index in [1.165, 1.54) is 11.6 Å². The van der Waals surface area contributed by atoms with Crippen LogP contribution >= 0.6 is 0 Å². The summed E-state index contributed by atoms with van der Waals surface area (Å²) in [4.78, 5) is 0. The van der Waals surface area contributed by atoms with Crippen LogP contribution in [0.2, 0.25) is 0 Å². The topological polar surface area (TPSA) is 55.6 Å². The van der Waals surface area contributed by atoms with E-state index in [-0.39, 0.29) is 5.82 Å². The summed E-state index contributed by atoms with van der Waals surface area (Å²) in [5, 5.41) is 14.9. The number of rotatable bonds is 2. The zero-order valence-corrected chi connectivity index (χ0v) is 12.4. The number of aromatic nitrogens is 4. The second-order valence-electron chi connectivity index (χ2n) is 5.48. The molecule has 0 amide bonds. The summed E-state index contributed by atoms with van der Waals surface area (Å²) in [6, 6.07) is 14.4. The molecule has 4 rings (SSSR count). The summed E-state index contributed by atoms with van der Waals surface area (Å²) < 4.78 is 15.8. The van der Waals surface area contributed by atoms with Gasteiger partial charge in [0.25, 0.3) is 0 Å². The summed E-state index contributed by atoms with van der Waals surface area (Å²) in [6.45, 7) is 2.04. The lowest BCUT2D eigenvalue weighted by molar-refractivity contribution is 0.540. The van der Waals surface area contributed by atoms with Gasteiger partial charge in [-0.05, 0) is 35.1 Å². The third-order valence-corrected chi connectivity index (χ3v) is 3.91. The summed E-state index contributed by atoms with van der Waals surface area (Å²) in [7, 11) is 0. The van der Waals surface area contributed by atoms with Crippen molar-refractivity contribution in [3.8, 4) is 0 Å². The molecule has 0 unspecified atom stereocenters. The first-order valence-corrected chi connectivity index (χ1v) is 7.30. The Bertz CT molecular complexity index is 882. The molecule has 5 nitrogen and oxygen atoms in total. The smallest absolute Gasteiger partial charge is 0.248 e. The number of aryl methyl sites for hydroxylation is 1. The van der Waals surface area contributed by atoms with Crippen LogP contribution in [-0.2, 0) is 0 Å². The van der Waals surface area contributed by atoms with Gasteiger partial charge in [-0.25, -0.2) is 4.39 Å². The van der Waals surface area contributed by atoms with Gasteiger partial charge in [0.1, 0.15) is 11.9 Å². The molecule has 0 saturated heterocycles. The number of halogens is 1. The summed E-state index contributed by atoms with van der Waals surface area (Å²) in [5.74, 6) is 0.219. The molecular formula is C17H14FN5. The first kappa shape index (κ1) is 13.6. The van der Waals surface area contributed by atoms with Gasteiger partial charge in [-0.1, -0.05) is 53.1 Å².